The van der Waals surface area contributed by atoms with Crippen LogP contribution in [-0.4, -0.2) is 54.7 Å². The Morgan fingerprint density at radius 1 is 0.682 bits per heavy atom. The number of hydrogen-bond donors (Lipinski definition) is 0. The van der Waals surface area contributed by atoms with E-state index >= 15 is 0 Å². The maximum atomic E-state index is 5.86. The molecule has 0 aromatic rings. The lowest BCUT2D eigenvalue weighted by Crippen LogP contribution is -2.52. The molecule has 0 saturated carbocycles. The van der Waals surface area contributed by atoms with Gasteiger partial charge in [-0.15, -0.1) is 0 Å². The molecule has 0 fully saturated rings. The molecule has 0 aromatic carbocycles. The van der Waals surface area contributed by atoms with E-state index in [2.05, 4.69) is 54.6 Å². The monoisotopic (exact) mass is 348 g/mol. The summed E-state index contributed by atoms with van der Waals surface area (Å²) in [7, 11) is -2.94. The van der Waals surface area contributed by atoms with Gasteiger partial charge in [0.2, 0.25) is 0 Å². The summed E-state index contributed by atoms with van der Waals surface area (Å²) in [6, 6.07) is 2.61. The second-order valence-electron chi connectivity index (χ2n) is 8.05. The van der Waals surface area contributed by atoms with Crippen molar-refractivity contribution in [3.63, 3.8) is 0 Å². The summed E-state index contributed by atoms with van der Waals surface area (Å²) in [5.74, 6) is 0. The summed E-state index contributed by atoms with van der Waals surface area (Å²) in [6.07, 6.45) is 2.62. The van der Waals surface area contributed by atoms with Gasteiger partial charge in [-0.05, 0) is 25.8 Å². The maximum Gasteiger partial charge on any atom is 0.140 e. The van der Waals surface area contributed by atoms with E-state index in [1.54, 1.807) is 0 Å². The van der Waals surface area contributed by atoms with Gasteiger partial charge in [-0.2, -0.15) is 0 Å². The van der Waals surface area contributed by atoms with E-state index in [4.69, 9.17) is 14.2 Å². The normalized spacial score (nSPS) is 13.6. The second kappa shape index (κ2) is 10.2. The van der Waals surface area contributed by atoms with Crippen molar-refractivity contribution in [2.45, 2.75) is 71.8 Å². The van der Waals surface area contributed by atoms with Gasteiger partial charge in [-0.3, -0.25) is 0 Å². The smallest absolute Gasteiger partial charge is 0.140 e. The van der Waals surface area contributed by atoms with Crippen molar-refractivity contribution in [1.82, 2.24) is 0 Å². The van der Waals surface area contributed by atoms with Gasteiger partial charge < -0.3 is 14.2 Å². The fraction of sp³-hybridized carbons (Fsp3) is 1.00. The first-order valence-electron chi connectivity index (χ1n) is 8.87. The summed E-state index contributed by atoms with van der Waals surface area (Å²) in [4.78, 5) is 0. The average molecular weight is 349 g/mol. The third-order valence-electron chi connectivity index (χ3n) is 5.15. The van der Waals surface area contributed by atoms with Crippen LogP contribution in [0.3, 0.4) is 0 Å². The van der Waals surface area contributed by atoms with Gasteiger partial charge in [0.05, 0.1) is 8.07 Å². The van der Waals surface area contributed by atoms with Gasteiger partial charge in [-0.25, -0.2) is 0 Å². The van der Waals surface area contributed by atoms with E-state index in [1.807, 2.05) is 0 Å². The molecule has 0 heterocycles. The fourth-order valence-electron chi connectivity index (χ4n) is 2.25. The maximum absolute atomic E-state index is 5.86. The molecule has 0 aliphatic rings. The third-order valence-corrected chi connectivity index (χ3v) is 15.0. The molecule has 0 aliphatic carbocycles. The molecular formula is C17H40O3Si2. The van der Waals surface area contributed by atoms with Crippen molar-refractivity contribution in [2.75, 3.05) is 38.5 Å². The number of hydrogen-bond acceptors (Lipinski definition) is 3. The molecule has 0 saturated heterocycles. The molecule has 0 radical (unpaired) electrons. The first kappa shape index (κ1) is 22.3. The van der Waals surface area contributed by atoms with E-state index in [9.17, 15) is 0 Å². The first-order chi connectivity index (χ1) is 10.1. The predicted octanol–water partition coefficient (Wildman–Crippen LogP) is 4.67. The summed E-state index contributed by atoms with van der Waals surface area (Å²) in [5.41, 5.74) is 0. The van der Waals surface area contributed by atoms with Gasteiger partial charge in [0.25, 0.3) is 0 Å². The van der Waals surface area contributed by atoms with E-state index in [0.717, 1.165) is 38.5 Å². The average Bonchev–Trinajstić information content (AvgIpc) is 2.44. The standard InChI is InChI=1S/C17H40O3Si2/c1-9-18-14-22(15-19-10-2,16-20-11-3)13-12-21(7,8)17(4,5)6/h9-16H2,1-8H3. The molecule has 3 nitrogen and oxygen atoms in total. The first-order valence-corrected chi connectivity index (χ1v) is 14.9. The van der Waals surface area contributed by atoms with Crippen molar-refractivity contribution in [3.8, 4) is 0 Å². The molecule has 0 N–H and O–H groups in total. The highest BCUT2D eigenvalue weighted by molar-refractivity contribution is 6.85. The number of ether oxygens (including phenoxy) is 3. The van der Waals surface area contributed by atoms with Gasteiger partial charge in [0.15, 0.2) is 0 Å². The van der Waals surface area contributed by atoms with E-state index in [0.29, 0.717) is 5.04 Å². The van der Waals surface area contributed by atoms with Crippen LogP contribution < -0.4 is 0 Å². The van der Waals surface area contributed by atoms with Crippen LogP contribution >= 0.6 is 0 Å². The summed E-state index contributed by atoms with van der Waals surface area (Å²) in [6.45, 7) is 20.8. The minimum Gasteiger partial charge on any atom is -0.385 e. The van der Waals surface area contributed by atoms with Crippen molar-refractivity contribution in [2.24, 2.45) is 0 Å². The van der Waals surface area contributed by atoms with E-state index in [-0.39, 0.29) is 0 Å². The fourth-order valence-corrected chi connectivity index (χ4v) is 10.2. The zero-order chi connectivity index (χ0) is 17.3. The summed E-state index contributed by atoms with van der Waals surface area (Å²) >= 11 is 0. The Bertz CT molecular complexity index is 266. The molecule has 0 bridgehead atoms. The molecule has 134 valence electrons. The zero-order valence-electron chi connectivity index (χ0n) is 16.4. The quantitative estimate of drug-likeness (QED) is 0.480. The Hall–Kier alpha value is 0.314. The SMILES string of the molecule is CCOC[Si](CC[Si](C)(C)C(C)(C)C)(COCC)COCC. The van der Waals surface area contributed by atoms with Crippen LogP contribution in [0.2, 0.25) is 30.2 Å². The van der Waals surface area contributed by atoms with E-state index < -0.39 is 16.1 Å². The van der Waals surface area contributed by atoms with Gasteiger partial charge in [0.1, 0.15) is 8.07 Å². The topological polar surface area (TPSA) is 27.7 Å². The highest BCUT2D eigenvalue weighted by Gasteiger charge is 2.40. The molecule has 0 aliphatic heterocycles. The Kier molecular flexibility index (Phi) is 10.4. The number of rotatable bonds is 12. The Labute approximate surface area is 141 Å². The molecule has 0 atom stereocenters. The molecule has 0 spiro atoms. The zero-order valence-corrected chi connectivity index (χ0v) is 18.4. The minimum absolute atomic E-state index is 0.440. The van der Waals surface area contributed by atoms with Crippen molar-refractivity contribution in [3.05, 3.63) is 0 Å². The lowest BCUT2D eigenvalue weighted by atomic mass is 10.2. The van der Waals surface area contributed by atoms with Gasteiger partial charge >= 0.3 is 0 Å². The van der Waals surface area contributed by atoms with Crippen LogP contribution in [0.25, 0.3) is 0 Å². The molecular weight excluding hydrogens is 308 g/mol. The lowest BCUT2D eigenvalue weighted by molar-refractivity contribution is 0.138. The molecule has 5 heteroatoms. The highest BCUT2D eigenvalue weighted by Crippen LogP contribution is 2.40. The van der Waals surface area contributed by atoms with Crippen molar-refractivity contribution in [1.29, 1.82) is 0 Å². The van der Waals surface area contributed by atoms with Gasteiger partial charge in [-0.1, -0.05) is 46.0 Å². The van der Waals surface area contributed by atoms with Crippen molar-refractivity contribution < 1.29 is 14.2 Å². The van der Waals surface area contributed by atoms with Crippen LogP contribution in [0.5, 0.6) is 0 Å². The van der Waals surface area contributed by atoms with Crippen LogP contribution in [0.15, 0.2) is 0 Å². The molecule has 0 unspecified atom stereocenters. The van der Waals surface area contributed by atoms with E-state index in [1.165, 1.54) is 12.1 Å². The van der Waals surface area contributed by atoms with Crippen LogP contribution in [0.1, 0.15) is 41.5 Å². The van der Waals surface area contributed by atoms with Crippen LogP contribution in [0.4, 0.5) is 0 Å². The van der Waals surface area contributed by atoms with Crippen LogP contribution in [0, 0.1) is 0 Å². The van der Waals surface area contributed by atoms with Crippen molar-refractivity contribution >= 4 is 16.1 Å². The predicted molar refractivity (Wildman–Crippen MR) is 102 cm³/mol. The highest BCUT2D eigenvalue weighted by atomic mass is 28.3. The minimum atomic E-state index is -1.68. The second-order valence-corrected chi connectivity index (χ2v) is 18.2. The summed E-state index contributed by atoms with van der Waals surface area (Å²) < 4.78 is 17.6. The molecule has 0 rings (SSSR count). The van der Waals surface area contributed by atoms with Gasteiger partial charge in [0, 0.05) is 38.5 Å². The van der Waals surface area contributed by atoms with Crippen LogP contribution in [-0.2, 0) is 14.2 Å². The molecule has 0 aromatic heterocycles. The lowest BCUT2D eigenvalue weighted by Gasteiger charge is -2.40. The molecule has 0 amide bonds. The third kappa shape index (κ3) is 7.73. The molecule has 22 heavy (non-hydrogen) atoms. The Balaban J connectivity index is 4.99. The Morgan fingerprint density at radius 3 is 1.32 bits per heavy atom. The Morgan fingerprint density at radius 2 is 1.05 bits per heavy atom. The largest absolute Gasteiger partial charge is 0.385 e. The summed E-state index contributed by atoms with van der Waals surface area (Å²) in [5, 5.41) is 0.440.